The summed E-state index contributed by atoms with van der Waals surface area (Å²) in [5.74, 6) is -0.467. The number of sulfonamides is 1. The summed E-state index contributed by atoms with van der Waals surface area (Å²) in [5, 5.41) is 5.34. The fraction of sp³-hybridized carbons (Fsp3) is 0.600. The van der Waals surface area contributed by atoms with Crippen molar-refractivity contribution in [1.82, 2.24) is 19.8 Å². The van der Waals surface area contributed by atoms with E-state index in [4.69, 9.17) is 0 Å². The van der Waals surface area contributed by atoms with Crippen LogP contribution in [0.25, 0.3) is 0 Å². The molecule has 29 heavy (non-hydrogen) atoms. The number of amides is 2. The average molecular weight is 425 g/mol. The molecule has 0 spiro atoms. The molecule has 1 atom stereocenters. The van der Waals surface area contributed by atoms with Crippen LogP contribution in [0.3, 0.4) is 0 Å². The number of piperazine rings is 1. The molecule has 2 amide bonds. The molecule has 0 aliphatic carbocycles. The summed E-state index contributed by atoms with van der Waals surface area (Å²) in [4.78, 5) is 26.2. The van der Waals surface area contributed by atoms with Crippen molar-refractivity contribution >= 4 is 21.8 Å². The first-order chi connectivity index (χ1) is 13.6. The number of benzene rings is 1. The van der Waals surface area contributed by atoms with Crippen molar-refractivity contribution in [3.63, 3.8) is 0 Å². The standard InChI is InChI=1S/C20H32N4O4S/c1-6-21-20(26)17(5)22-18(25)13-23-7-9-24(10-8-23)29(27,28)19-15(3)11-14(2)12-16(19)4/h11-12,17H,6-10,13H2,1-5H3,(H,21,26)(H,22,25)/t17-/m0/s1. The molecule has 0 bridgehead atoms. The zero-order valence-electron chi connectivity index (χ0n) is 17.9. The Morgan fingerprint density at radius 3 is 2.14 bits per heavy atom. The Labute approximate surface area is 173 Å². The number of nitrogens with one attached hydrogen (secondary N) is 2. The first-order valence-corrected chi connectivity index (χ1v) is 11.4. The van der Waals surface area contributed by atoms with Crippen LogP contribution in [0.2, 0.25) is 0 Å². The van der Waals surface area contributed by atoms with Crippen LogP contribution in [0.4, 0.5) is 0 Å². The van der Waals surface area contributed by atoms with Gasteiger partial charge >= 0.3 is 0 Å². The van der Waals surface area contributed by atoms with E-state index in [2.05, 4.69) is 10.6 Å². The molecule has 1 heterocycles. The molecule has 1 aliphatic rings. The molecule has 1 fully saturated rings. The van der Waals surface area contributed by atoms with Gasteiger partial charge in [-0.15, -0.1) is 0 Å². The van der Waals surface area contributed by atoms with Crippen LogP contribution in [0, 0.1) is 20.8 Å². The third-order valence-corrected chi connectivity index (χ3v) is 7.23. The molecule has 162 valence electrons. The Morgan fingerprint density at radius 2 is 1.62 bits per heavy atom. The summed E-state index contributed by atoms with van der Waals surface area (Å²) in [6.45, 7) is 11.3. The van der Waals surface area contributed by atoms with Crippen molar-refractivity contribution in [2.24, 2.45) is 0 Å². The molecule has 0 aromatic heterocycles. The molecule has 8 nitrogen and oxygen atoms in total. The van der Waals surface area contributed by atoms with Gasteiger partial charge < -0.3 is 10.6 Å². The van der Waals surface area contributed by atoms with Gasteiger partial charge in [0.25, 0.3) is 0 Å². The molecule has 1 aliphatic heterocycles. The van der Waals surface area contributed by atoms with Crippen LogP contribution in [-0.4, -0.2) is 74.7 Å². The van der Waals surface area contributed by atoms with Gasteiger partial charge in [0.1, 0.15) is 6.04 Å². The van der Waals surface area contributed by atoms with E-state index in [1.165, 1.54) is 4.31 Å². The van der Waals surface area contributed by atoms with E-state index in [9.17, 15) is 18.0 Å². The third kappa shape index (κ3) is 5.77. The maximum Gasteiger partial charge on any atom is 0.243 e. The Balaban J connectivity index is 1.95. The van der Waals surface area contributed by atoms with Crippen molar-refractivity contribution < 1.29 is 18.0 Å². The molecule has 0 unspecified atom stereocenters. The van der Waals surface area contributed by atoms with Crippen LogP contribution in [0.5, 0.6) is 0 Å². The third-order valence-electron chi connectivity index (χ3n) is 5.02. The Morgan fingerprint density at radius 1 is 1.07 bits per heavy atom. The molecule has 2 rings (SSSR count). The van der Waals surface area contributed by atoms with Gasteiger partial charge in [0.05, 0.1) is 11.4 Å². The van der Waals surface area contributed by atoms with Crippen molar-refractivity contribution in [3.05, 3.63) is 28.8 Å². The van der Waals surface area contributed by atoms with E-state index in [-0.39, 0.29) is 18.4 Å². The Bertz CT molecular complexity index is 838. The molecule has 0 radical (unpaired) electrons. The lowest BCUT2D eigenvalue weighted by Crippen LogP contribution is -2.53. The van der Waals surface area contributed by atoms with Crippen LogP contribution < -0.4 is 10.6 Å². The summed E-state index contributed by atoms with van der Waals surface area (Å²) >= 11 is 0. The molecular weight excluding hydrogens is 392 g/mol. The summed E-state index contributed by atoms with van der Waals surface area (Å²) in [7, 11) is -3.58. The van der Waals surface area contributed by atoms with Gasteiger partial charge in [-0.25, -0.2) is 8.42 Å². The summed E-state index contributed by atoms with van der Waals surface area (Å²) < 4.78 is 27.8. The highest BCUT2D eigenvalue weighted by Crippen LogP contribution is 2.26. The van der Waals surface area contributed by atoms with Gasteiger partial charge in [0, 0.05) is 32.7 Å². The molecule has 1 aromatic carbocycles. The van der Waals surface area contributed by atoms with Crippen LogP contribution in [0.15, 0.2) is 17.0 Å². The highest BCUT2D eigenvalue weighted by Gasteiger charge is 2.31. The second-order valence-electron chi connectivity index (χ2n) is 7.59. The zero-order chi connectivity index (χ0) is 21.8. The van der Waals surface area contributed by atoms with Gasteiger partial charge in [0.15, 0.2) is 0 Å². The van der Waals surface area contributed by atoms with E-state index in [1.807, 2.05) is 44.7 Å². The topological polar surface area (TPSA) is 98.8 Å². The molecule has 1 saturated heterocycles. The SMILES string of the molecule is CCNC(=O)[C@H](C)NC(=O)CN1CCN(S(=O)(=O)c2c(C)cc(C)cc2C)CC1. The molecule has 2 N–H and O–H groups in total. The lowest BCUT2D eigenvalue weighted by atomic mass is 10.1. The van der Waals surface area contributed by atoms with E-state index in [1.54, 1.807) is 6.92 Å². The summed E-state index contributed by atoms with van der Waals surface area (Å²) in [5.41, 5.74) is 2.55. The van der Waals surface area contributed by atoms with E-state index < -0.39 is 16.1 Å². The summed E-state index contributed by atoms with van der Waals surface area (Å²) in [6.07, 6.45) is 0. The van der Waals surface area contributed by atoms with Gasteiger partial charge in [-0.3, -0.25) is 14.5 Å². The van der Waals surface area contributed by atoms with Crippen LogP contribution in [-0.2, 0) is 19.6 Å². The number of likely N-dealkylation sites (N-methyl/N-ethyl adjacent to an activating group) is 1. The van der Waals surface area contributed by atoms with E-state index in [0.717, 1.165) is 16.7 Å². The van der Waals surface area contributed by atoms with Gasteiger partial charge in [0.2, 0.25) is 21.8 Å². The maximum atomic E-state index is 13.1. The van der Waals surface area contributed by atoms with Crippen LogP contribution >= 0.6 is 0 Å². The smallest absolute Gasteiger partial charge is 0.243 e. The lowest BCUT2D eigenvalue weighted by Gasteiger charge is -2.34. The van der Waals surface area contributed by atoms with Crippen molar-refractivity contribution in [1.29, 1.82) is 0 Å². The van der Waals surface area contributed by atoms with Gasteiger partial charge in [-0.2, -0.15) is 4.31 Å². The Kier molecular flexibility index (Phi) is 7.79. The quantitative estimate of drug-likeness (QED) is 0.666. The number of carbonyl (C=O) groups is 2. The minimum absolute atomic E-state index is 0.139. The summed E-state index contributed by atoms with van der Waals surface area (Å²) in [6, 6.07) is 3.17. The van der Waals surface area contributed by atoms with Crippen molar-refractivity contribution in [3.8, 4) is 0 Å². The predicted octanol–water partition coefficient (Wildman–Crippen LogP) is 0.559. The number of rotatable bonds is 7. The molecule has 0 saturated carbocycles. The Hall–Kier alpha value is -1.97. The monoisotopic (exact) mass is 424 g/mol. The number of nitrogens with zero attached hydrogens (tertiary/aromatic N) is 2. The van der Waals surface area contributed by atoms with Crippen LogP contribution in [0.1, 0.15) is 30.5 Å². The number of carbonyl (C=O) groups excluding carboxylic acids is 2. The van der Waals surface area contributed by atoms with E-state index in [0.29, 0.717) is 37.6 Å². The lowest BCUT2D eigenvalue weighted by molar-refractivity contribution is -0.129. The highest BCUT2D eigenvalue weighted by molar-refractivity contribution is 7.89. The molecular formula is C20H32N4O4S. The van der Waals surface area contributed by atoms with Gasteiger partial charge in [-0.05, 0) is 45.7 Å². The average Bonchev–Trinajstić information content (AvgIpc) is 2.61. The first-order valence-electron chi connectivity index (χ1n) is 9.93. The largest absolute Gasteiger partial charge is 0.355 e. The first kappa shape index (κ1) is 23.3. The second-order valence-corrected chi connectivity index (χ2v) is 9.47. The minimum Gasteiger partial charge on any atom is -0.355 e. The van der Waals surface area contributed by atoms with Crippen molar-refractivity contribution in [2.45, 2.75) is 45.6 Å². The molecule has 1 aromatic rings. The number of hydrogen-bond acceptors (Lipinski definition) is 5. The highest BCUT2D eigenvalue weighted by atomic mass is 32.2. The van der Waals surface area contributed by atoms with Crippen molar-refractivity contribution in [2.75, 3.05) is 39.3 Å². The second kappa shape index (κ2) is 9.69. The minimum atomic E-state index is -3.58. The zero-order valence-corrected chi connectivity index (χ0v) is 18.7. The van der Waals surface area contributed by atoms with Gasteiger partial charge in [-0.1, -0.05) is 17.7 Å². The normalized spacial score (nSPS) is 17.0. The fourth-order valence-corrected chi connectivity index (χ4v) is 5.55. The fourth-order valence-electron chi connectivity index (χ4n) is 3.71. The van der Waals surface area contributed by atoms with E-state index >= 15 is 0 Å². The number of hydrogen-bond donors (Lipinski definition) is 2. The predicted molar refractivity (Wildman–Crippen MR) is 112 cm³/mol. The number of aryl methyl sites for hydroxylation is 3. The maximum absolute atomic E-state index is 13.1. The molecule has 9 heteroatoms.